The second kappa shape index (κ2) is 10.8. The predicted molar refractivity (Wildman–Crippen MR) is 140 cm³/mol. The van der Waals surface area contributed by atoms with E-state index in [9.17, 15) is 15.0 Å². The van der Waals surface area contributed by atoms with Crippen LogP contribution in [0, 0.1) is 23.2 Å². The molecule has 0 bridgehead atoms. The lowest BCUT2D eigenvalue weighted by Gasteiger charge is -2.44. The summed E-state index contributed by atoms with van der Waals surface area (Å²) < 4.78 is 5.11. The van der Waals surface area contributed by atoms with Crippen molar-refractivity contribution in [2.24, 2.45) is 23.2 Å². The van der Waals surface area contributed by atoms with Crippen LogP contribution in [0.2, 0.25) is 0 Å². The zero-order valence-electron chi connectivity index (χ0n) is 21.6. The van der Waals surface area contributed by atoms with E-state index >= 15 is 0 Å². The molecule has 3 saturated carbocycles. The fourth-order valence-corrected chi connectivity index (χ4v) is 7.18. The molecule has 0 aliphatic heterocycles. The Kier molecular flexibility index (Phi) is 8.02. The van der Waals surface area contributed by atoms with Gasteiger partial charge in [0.1, 0.15) is 0 Å². The van der Waals surface area contributed by atoms with Crippen LogP contribution < -0.4 is 0 Å². The van der Waals surface area contributed by atoms with E-state index in [0.717, 1.165) is 24.0 Å². The Labute approximate surface area is 210 Å². The number of carbonyl (C=O) groups is 1. The first kappa shape index (κ1) is 25.9. The second-order valence-corrected chi connectivity index (χ2v) is 11.3. The Morgan fingerprint density at radius 3 is 2.69 bits per heavy atom. The molecule has 1 aromatic rings. The second-order valence-electron chi connectivity index (χ2n) is 11.3. The van der Waals surface area contributed by atoms with Gasteiger partial charge in [-0.15, -0.1) is 0 Å². The van der Waals surface area contributed by atoms with E-state index in [2.05, 4.69) is 44.7 Å². The van der Waals surface area contributed by atoms with Crippen molar-refractivity contribution in [3.8, 4) is 0 Å². The van der Waals surface area contributed by atoms with Gasteiger partial charge in [-0.25, -0.2) is 4.79 Å². The molecule has 1 aromatic carbocycles. The fraction of sp³-hybridized carbons (Fsp3) is 0.581. The highest BCUT2D eigenvalue weighted by Gasteiger charge is 2.50. The molecular formula is C31H42O4. The van der Waals surface area contributed by atoms with Gasteiger partial charge in [0.25, 0.3) is 0 Å². The lowest BCUT2D eigenvalue weighted by atomic mass is 9.60. The molecule has 190 valence electrons. The lowest BCUT2D eigenvalue weighted by molar-refractivity contribution is 0.0526. The fourth-order valence-electron chi connectivity index (χ4n) is 7.18. The molecule has 6 atom stereocenters. The van der Waals surface area contributed by atoms with Gasteiger partial charge in [-0.05, 0) is 104 Å². The number of hydrogen-bond acceptors (Lipinski definition) is 4. The summed E-state index contributed by atoms with van der Waals surface area (Å²) in [6.45, 7) is 11.2. The van der Waals surface area contributed by atoms with Gasteiger partial charge in [-0.1, -0.05) is 50.3 Å². The average molecular weight is 479 g/mol. The summed E-state index contributed by atoms with van der Waals surface area (Å²) in [6.07, 6.45) is 11.4. The van der Waals surface area contributed by atoms with Crippen LogP contribution in [0.15, 0.2) is 59.7 Å². The van der Waals surface area contributed by atoms with Crippen molar-refractivity contribution in [2.45, 2.75) is 84.3 Å². The van der Waals surface area contributed by atoms with Gasteiger partial charge >= 0.3 is 5.97 Å². The monoisotopic (exact) mass is 478 g/mol. The summed E-state index contributed by atoms with van der Waals surface area (Å²) in [7, 11) is 0. The predicted octanol–water partition coefficient (Wildman–Crippen LogP) is 6.18. The maximum absolute atomic E-state index is 12.0. The normalized spacial score (nSPS) is 34.1. The van der Waals surface area contributed by atoms with E-state index in [-0.39, 0.29) is 5.97 Å². The van der Waals surface area contributed by atoms with Crippen molar-refractivity contribution in [1.82, 2.24) is 0 Å². The Morgan fingerprint density at radius 1 is 1.23 bits per heavy atom. The zero-order valence-corrected chi connectivity index (χ0v) is 21.6. The van der Waals surface area contributed by atoms with Crippen molar-refractivity contribution in [3.63, 3.8) is 0 Å². The molecule has 4 rings (SSSR count). The third kappa shape index (κ3) is 5.49. The Bertz CT molecular complexity index is 988. The molecule has 0 amide bonds. The Hall–Kier alpha value is -2.17. The van der Waals surface area contributed by atoms with Crippen LogP contribution in [0.25, 0.3) is 0 Å². The molecule has 4 nitrogen and oxygen atoms in total. The molecule has 35 heavy (non-hydrogen) atoms. The summed E-state index contributed by atoms with van der Waals surface area (Å²) in [6, 6.07) is 7.94. The minimum atomic E-state index is -0.636. The zero-order chi connectivity index (χ0) is 25.2. The Morgan fingerprint density at radius 2 is 1.97 bits per heavy atom. The molecule has 3 aliphatic carbocycles. The molecule has 0 unspecified atom stereocenters. The minimum Gasteiger partial charge on any atom is -0.462 e. The number of rotatable bonds is 6. The van der Waals surface area contributed by atoms with E-state index in [1.54, 1.807) is 0 Å². The van der Waals surface area contributed by atoms with Crippen LogP contribution in [0.1, 0.15) is 81.6 Å². The molecule has 0 saturated heterocycles. The summed E-state index contributed by atoms with van der Waals surface area (Å²) in [4.78, 5) is 12.0. The van der Waals surface area contributed by atoms with E-state index < -0.39 is 12.2 Å². The minimum absolute atomic E-state index is 0.254. The number of aliphatic hydroxyl groups is 2. The van der Waals surface area contributed by atoms with Gasteiger partial charge in [-0.2, -0.15) is 0 Å². The molecule has 3 aliphatic rings. The Balaban J connectivity index is 1.46. The molecule has 4 heteroatoms. The van der Waals surface area contributed by atoms with Gasteiger partial charge < -0.3 is 14.9 Å². The number of hydrogen-bond donors (Lipinski definition) is 2. The highest BCUT2D eigenvalue weighted by molar-refractivity contribution is 5.89. The number of esters is 1. The number of benzene rings is 1. The number of ether oxygens (including phenoxy) is 1. The van der Waals surface area contributed by atoms with E-state index in [1.807, 2.05) is 19.1 Å². The van der Waals surface area contributed by atoms with Crippen LogP contribution in [0.3, 0.4) is 0 Å². The molecule has 2 N–H and O–H groups in total. The maximum Gasteiger partial charge on any atom is 0.338 e. The highest BCUT2D eigenvalue weighted by Crippen LogP contribution is 2.59. The van der Waals surface area contributed by atoms with Crippen molar-refractivity contribution >= 4 is 5.97 Å². The summed E-state index contributed by atoms with van der Waals surface area (Å²) >= 11 is 0. The molecular weight excluding hydrogens is 436 g/mol. The van der Waals surface area contributed by atoms with Gasteiger partial charge in [0.2, 0.25) is 0 Å². The number of fused-ring (bicyclic) bond motifs is 1. The highest BCUT2D eigenvalue weighted by atomic mass is 16.5. The number of allylic oxidation sites excluding steroid dienone is 3. The van der Waals surface area contributed by atoms with Gasteiger partial charge in [0.05, 0.1) is 24.4 Å². The van der Waals surface area contributed by atoms with Crippen molar-refractivity contribution < 1.29 is 19.7 Å². The van der Waals surface area contributed by atoms with E-state index in [0.29, 0.717) is 48.2 Å². The van der Waals surface area contributed by atoms with Gasteiger partial charge in [-0.3, -0.25) is 0 Å². The lowest BCUT2D eigenvalue weighted by Crippen LogP contribution is -2.36. The third-order valence-corrected chi connectivity index (χ3v) is 9.01. The molecule has 3 fully saturated rings. The first-order valence-electron chi connectivity index (χ1n) is 13.4. The van der Waals surface area contributed by atoms with E-state index in [1.165, 1.54) is 36.8 Å². The quantitative estimate of drug-likeness (QED) is 0.479. The topological polar surface area (TPSA) is 66.8 Å². The molecule has 0 aromatic heterocycles. The van der Waals surface area contributed by atoms with Crippen molar-refractivity contribution in [3.05, 3.63) is 70.8 Å². The van der Waals surface area contributed by atoms with Crippen LogP contribution in [-0.4, -0.2) is 35.0 Å². The van der Waals surface area contributed by atoms with Crippen LogP contribution in [-0.2, 0) is 11.2 Å². The summed E-state index contributed by atoms with van der Waals surface area (Å²) in [5.74, 6) is 1.58. The SMILES string of the molecule is C=C1/C(=C\C=C2/CCC[C@]3(C)[C@@H]([C@H](C)Cc4ccc(C(=O)OCC)cc4)CC[C@@H]23)C[C@@H](O)C[C@@H]1O. The van der Waals surface area contributed by atoms with Gasteiger partial charge in [0.15, 0.2) is 0 Å². The third-order valence-electron chi connectivity index (χ3n) is 9.01. The van der Waals surface area contributed by atoms with E-state index in [4.69, 9.17) is 4.74 Å². The maximum atomic E-state index is 12.0. The van der Waals surface area contributed by atoms with Gasteiger partial charge in [0, 0.05) is 6.42 Å². The van der Waals surface area contributed by atoms with Crippen LogP contribution in [0.5, 0.6) is 0 Å². The number of aliphatic hydroxyl groups excluding tert-OH is 2. The molecule has 0 spiro atoms. The van der Waals surface area contributed by atoms with Crippen LogP contribution >= 0.6 is 0 Å². The average Bonchev–Trinajstić information content (AvgIpc) is 3.18. The first-order valence-corrected chi connectivity index (χ1v) is 13.4. The smallest absolute Gasteiger partial charge is 0.338 e. The largest absolute Gasteiger partial charge is 0.462 e. The first-order chi connectivity index (χ1) is 16.7. The summed E-state index contributed by atoms with van der Waals surface area (Å²) in [5.41, 5.74) is 5.48. The summed E-state index contributed by atoms with van der Waals surface area (Å²) in [5, 5.41) is 20.3. The van der Waals surface area contributed by atoms with Crippen molar-refractivity contribution in [1.29, 1.82) is 0 Å². The molecule has 0 radical (unpaired) electrons. The van der Waals surface area contributed by atoms with Crippen LogP contribution in [0.4, 0.5) is 0 Å². The van der Waals surface area contributed by atoms with Crippen molar-refractivity contribution in [2.75, 3.05) is 6.61 Å². The standard InChI is InChI=1S/C31H42O4/c1-5-35-30(34)24-10-8-22(9-11-24)17-20(2)27-14-15-28-23(7-6-16-31(27,28)4)12-13-25-18-26(32)19-29(33)21(25)3/h8-13,20,26-29,32-33H,3,5-7,14-19H2,1-2,4H3/b23-12+,25-13-/t20-,26-,27-,28+,29+,31-/m1/s1. The number of carbonyl (C=O) groups excluding carboxylic acids is 1. The molecule has 0 heterocycles.